The number of carbonyl (C=O) groups excluding carboxylic acids is 3. The lowest BCUT2D eigenvalue weighted by molar-refractivity contribution is -0.132. The first kappa shape index (κ1) is 25.2. The normalized spacial score (nSPS) is 18.1. The second-order valence-corrected chi connectivity index (χ2v) is 9.98. The van der Waals surface area contributed by atoms with Crippen LogP contribution in [0.2, 0.25) is 0 Å². The summed E-state index contributed by atoms with van der Waals surface area (Å²) in [6.07, 6.45) is 6.08. The van der Waals surface area contributed by atoms with Crippen LogP contribution in [0, 0.1) is 10.5 Å². The smallest absolute Gasteiger partial charge is 0.331 e. The van der Waals surface area contributed by atoms with Crippen LogP contribution in [0.15, 0.2) is 42.0 Å². The van der Waals surface area contributed by atoms with Crippen LogP contribution in [0.5, 0.6) is 11.5 Å². The van der Waals surface area contributed by atoms with E-state index < -0.39 is 17.8 Å². The maximum atomic E-state index is 13.2. The van der Waals surface area contributed by atoms with Crippen LogP contribution in [0.3, 0.4) is 0 Å². The van der Waals surface area contributed by atoms with Crippen molar-refractivity contribution in [1.82, 2.24) is 10.2 Å². The van der Waals surface area contributed by atoms with Crippen molar-refractivity contribution in [3.05, 3.63) is 62.2 Å². The highest BCUT2D eigenvalue weighted by molar-refractivity contribution is 14.1. The first-order chi connectivity index (χ1) is 16.9. The van der Waals surface area contributed by atoms with E-state index in [1.165, 1.54) is 16.5 Å². The summed E-state index contributed by atoms with van der Waals surface area (Å²) >= 11 is 2.16. The van der Waals surface area contributed by atoms with Gasteiger partial charge in [0.1, 0.15) is 12.2 Å². The highest BCUT2D eigenvalue weighted by Crippen LogP contribution is 2.36. The first-order valence-electron chi connectivity index (χ1n) is 11.9. The van der Waals surface area contributed by atoms with E-state index in [2.05, 4.69) is 27.9 Å². The fourth-order valence-electron chi connectivity index (χ4n) is 4.42. The van der Waals surface area contributed by atoms with Gasteiger partial charge < -0.3 is 9.47 Å². The Balaban J connectivity index is 1.61. The number of rotatable bonds is 7. The van der Waals surface area contributed by atoms with Gasteiger partial charge in [0.25, 0.3) is 11.8 Å². The van der Waals surface area contributed by atoms with Gasteiger partial charge in [-0.3, -0.25) is 19.8 Å². The van der Waals surface area contributed by atoms with Gasteiger partial charge in [-0.05, 0) is 78.6 Å². The molecule has 184 valence electrons. The van der Waals surface area contributed by atoms with Crippen LogP contribution in [0.4, 0.5) is 4.79 Å². The molecule has 2 aromatic rings. The van der Waals surface area contributed by atoms with Crippen molar-refractivity contribution in [1.29, 1.82) is 0 Å². The second-order valence-electron chi connectivity index (χ2n) is 8.82. The molecule has 0 aromatic heterocycles. The van der Waals surface area contributed by atoms with Crippen LogP contribution >= 0.6 is 22.6 Å². The molecule has 0 unspecified atom stereocenters. The molecule has 2 aliphatic rings. The molecule has 2 fully saturated rings. The zero-order valence-corrected chi connectivity index (χ0v) is 22.1. The van der Waals surface area contributed by atoms with Gasteiger partial charge in [-0.25, -0.2) is 4.79 Å². The number of halogens is 1. The van der Waals surface area contributed by atoms with Gasteiger partial charge in [-0.1, -0.05) is 49.1 Å². The molecular formula is C27H29IN2O5. The minimum atomic E-state index is -0.681. The third kappa shape index (κ3) is 5.86. The van der Waals surface area contributed by atoms with E-state index in [1.54, 1.807) is 6.07 Å². The Hall–Kier alpha value is -2.88. The number of benzene rings is 2. The van der Waals surface area contributed by atoms with Crippen LogP contribution < -0.4 is 14.8 Å². The summed E-state index contributed by atoms with van der Waals surface area (Å²) in [5, 5.41) is 2.34. The fraction of sp³-hybridized carbons (Fsp3) is 0.370. The summed E-state index contributed by atoms with van der Waals surface area (Å²) in [7, 11) is 0. The minimum Gasteiger partial charge on any atom is -0.490 e. The number of urea groups is 1. The topological polar surface area (TPSA) is 84.9 Å². The van der Waals surface area contributed by atoms with Crippen molar-refractivity contribution in [3.8, 4) is 11.5 Å². The molecule has 7 nitrogen and oxygen atoms in total. The zero-order chi connectivity index (χ0) is 24.9. The number of barbiturate groups is 1. The minimum absolute atomic E-state index is 0.0539. The molecule has 0 atom stereocenters. The third-order valence-corrected chi connectivity index (χ3v) is 7.02. The number of hydrogen-bond donors (Lipinski definition) is 1. The number of carbonyl (C=O) groups is 3. The summed E-state index contributed by atoms with van der Waals surface area (Å²) in [6, 6.07) is 10.9. The Morgan fingerprint density at radius 2 is 1.77 bits per heavy atom. The van der Waals surface area contributed by atoms with Crippen molar-refractivity contribution in [2.75, 3.05) is 6.61 Å². The molecular weight excluding hydrogens is 559 g/mol. The molecule has 8 heteroatoms. The summed E-state index contributed by atoms with van der Waals surface area (Å²) in [5.74, 6) is -0.0890. The predicted octanol–water partition coefficient (Wildman–Crippen LogP) is 5.37. The largest absolute Gasteiger partial charge is 0.490 e. The molecule has 0 bridgehead atoms. The van der Waals surface area contributed by atoms with E-state index in [9.17, 15) is 14.4 Å². The van der Waals surface area contributed by atoms with E-state index in [-0.39, 0.29) is 11.6 Å². The maximum absolute atomic E-state index is 13.2. The molecule has 1 aliphatic carbocycles. The summed E-state index contributed by atoms with van der Waals surface area (Å²) in [6.45, 7) is 4.74. The van der Waals surface area contributed by atoms with E-state index in [0.717, 1.165) is 41.2 Å². The Labute approximate surface area is 219 Å². The van der Waals surface area contributed by atoms with Crippen molar-refractivity contribution in [2.45, 2.75) is 58.6 Å². The van der Waals surface area contributed by atoms with Crippen molar-refractivity contribution < 1.29 is 23.9 Å². The molecule has 0 radical (unpaired) electrons. The van der Waals surface area contributed by atoms with Crippen LogP contribution in [0.25, 0.3) is 6.08 Å². The second kappa shape index (κ2) is 11.2. The Kier molecular flexibility index (Phi) is 8.10. The van der Waals surface area contributed by atoms with Crippen molar-refractivity contribution in [3.63, 3.8) is 0 Å². The molecule has 2 aromatic carbocycles. The van der Waals surface area contributed by atoms with Gasteiger partial charge in [0.15, 0.2) is 11.5 Å². The molecule has 1 heterocycles. The number of nitrogens with one attached hydrogen (secondary N) is 1. The number of imide groups is 2. The van der Waals surface area contributed by atoms with Crippen LogP contribution in [-0.2, 0) is 16.2 Å². The maximum Gasteiger partial charge on any atom is 0.331 e. The van der Waals surface area contributed by atoms with Crippen LogP contribution in [0.1, 0.15) is 55.7 Å². The fourth-order valence-corrected chi connectivity index (χ4v) is 5.20. The molecule has 4 amide bonds. The molecule has 0 spiro atoms. The van der Waals surface area contributed by atoms with Crippen LogP contribution in [-0.4, -0.2) is 35.4 Å². The highest BCUT2D eigenvalue weighted by atomic mass is 127. The van der Waals surface area contributed by atoms with Gasteiger partial charge >= 0.3 is 6.03 Å². The lowest BCUT2D eigenvalue weighted by Crippen LogP contribution is -2.58. The molecule has 1 saturated carbocycles. The monoisotopic (exact) mass is 588 g/mol. The van der Waals surface area contributed by atoms with Gasteiger partial charge in [0.2, 0.25) is 0 Å². The summed E-state index contributed by atoms with van der Waals surface area (Å²) in [5.41, 5.74) is 2.79. The standard InChI is InChI=1S/C27H29IN2O5/c1-3-34-23-15-19(14-22(28)24(23)35-16-18-11-9-17(2)10-12-18)13-21-25(31)29-27(33)30(26(21)32)20-7-5-4-6-8-20/h9-15,20H,3-8,16H2,1-2H3,(H,29,31,33). The van der Waals surface area contributed by atoms with Gasteiger partial charge in [-0.15, -0.1) is 0 Å². The Morgan fingerprint density at radius 3 is 2.46 bits per heavy atom. The molecule has 4 rings (SSSR count). The number of amides is 4. The number of hydrogen-bond acceptors (Lipinski definition) is 5. The first-order valence-corrected chi connectivity index (χ1v) is 13.0. The summed E-state index contributed by atoms with van der Waals surface area (Å²) in [4.78, 5) is 39.5. The average Bonchev–Trinajstić information content (AvgIpc) is 2.83. The van der Waals surface area contributed by atoms with Gasteiger partial charge in [-0.2, -0.15) is 0 Å². The Bertz CT molecular complexity index is 1150. The van der Waals surface area contributed by atoms with Crippen molar-refractivity contribution >= 4 is 46.5 Å². The quantitative estimate of drug-likeness (QED) is 0.267. The van der Waals surface area contributed by atoms with Crippen molar-refractivity contribution in [2.24, 2.45) is 0 Å². The molecule has 35 heavy (non-hydrogen) atoms. The lowest BCUT2D eigenvalue weighted by atomic mass is 9.93. The molecule has 1 N–H and O–H groups in total. The van der Waals surface area contributed by atoms with E-state index in [4.69, 9.17) is 9.47 Å². The molecule has 1 saturated heterocycles. The summed E-state index contributed by atoms with van der Waals surface area (Å²) < 4.78 is 12.7. The van der Waals surface area contributed by atoms with E-state index >= 15 is 0 Å². The van der Waals surface area contributed by atoms with E-state index in [0.29, 0.717) is 30.3 Å². The highest BCUT2D eigenvalue weighted by Gasteiger charge is 2.40. The number of aryl methyl sites for hydroxylation is 1. The predicted molar refractivity (Wildman–Crippen MR) is 141 cm³/mol. The Morgan fingerprint density at radius 1 is 1.06 bits per heavy atom. The third-order valence-electron chi connectivity index (χ3n) is 6.22. The molecule has 1 aliphatic heterocycles. The average molecular weight is 588 g/mol. The van der Waals surface area contributed by atoms with E-state index in [1.807, 2.05) is 44.2 Å². The van der Waals surface area contributed by atoms with Gasteiger partial charge in [0, 0.05) is 6.04 Å². The number of ether oxygens (including phenoxy) is 2. The zero-order valence-electron chi connectivity index (χ0n) is 19.9. The number of nitrogens with zero attached hydrogens (tertiary/aromatic N) is 1. The SMILES string of the molecule is CCOc1cc(C=C2C(=O)NC(=O)N(C3CCCCC3)C2=O)cc(I)c1OCc1ccc(C)cc1. The lowest BCUT2D eigenvalue weighted by Gasteiger charge is -2.35. The van der Waals surface area contributed by atoms with Gasteiger partial charge in [0.05, 0.1) is 10.2 Å².